The smallest absolute Gasteiger partial charge is 0.267 e. The number of carbonyl (C=O) groups excluding carboxylic acids is 4. The average molecular weight is 462 g/mol. The van der Waals surface area contributed by atoms with Gasteiger partial charge in [0.1, 0.15) is 0 Å². The van der Waals surface area contributed by atoms with Crippen LogP contribution >= 0.6 is 0 Å². The molecule has 0 spiro atoms. The Kier molecular flexibility index (Phi) is 6.87. The van der Waals surface area contributed by atoms with Crippen LogP contribution in [0.2, 0.25) is 0 Å². The Hall–Kier alpha value is -4.60. The van der Waals surface area contributed by atoms with Gasteiger partial charge in [0.2, 0.25) is 11.6 Å². The largest absolute Gasteiger partial charge is 0.461 e. The van der Waals surface area contributed by atoms with E-state index in [1.54, 1.807) is 71.0 Å². The molecule has 2 aromatic rings. The van der Waals surface area contributed by atoms with E-state index in [1.807, 2.05) is 0 Å². The molecule has 10 heteroatoms. The van der Waals surface area contributed by atoms with Crippen molar-refractivity contribution in [2.45, 2.75) is 12.8 Å². The van der Waals surface area contributed by atoms with E-state index in [1.165, 1.54) is 12.5 Å². The topological polar surface area (TPSA) is 125 Å². The number of amides is 2. The summed E-state index contributed by atoms with van der Waals surface area (Å²) in [6.45, 7) is 0.0257. The van der Waals surface area contributed by atoms with Crippen LogP contribution in [0.1, 0.15) is 34.0 Å². The monoisotopic (exact) mass is 462 g/mol. The molecule has 174 valence electrons. The second kappa shape index (κ2) is 10.3. The summed E-state index contributed by atoms with van der Waals surface area (Å²) in [6, 6.07) is 6.41. The zero-order valence-electron chi connectivity index (χ0n) is 18.1. The van der Waals surface area contributed by atoms with Crippen LogP contribution in [-0.4, -0.2) is 46.3 Å². The number of hydrogen-bond donors (Lipinski definition) is 2. The lowest BCUT2D eigenvalue weighted by Crippen LogP contribution is -2.44. The van der Waals surface area contributed by atoms with E-state index in [2.05, 4.69) is 10.9 Å². The minimum Gasteiger partial charge on any atom is -0.461 e. The van der Waals surface area contributed by atoms with Crippen LogP contribution in [0.3, 0.4) is 0 Å². The summed E-state index contributed by atoms with van der Waals surface area (Å²) in [5.41, 5.74) is 5.53. The average Bonchev–Trinajstić information content (AvgIpc) is 3.57. The van der Waals surface area contributed by atoms with Crippen molar-refractivity contribution in [2.24, 2.45) is 0 Å². The summed E-state index contributed by atoms with van der Waals surface area (Å²) in [7, 11) is 0. The molecule has 0 radical (unpaired) electrons. The molecule has 0 fully saturated rings. The number of Topliss-reactive ketones (excluding diaryl/α,β-unsaturated/α-hetero) is 2. The minimum atomic E-state index is -0.495. The first-order valence-corrected chi connectivity index (χ1v) is 10.5. The number of carbonyl (C=O) groups is 4. The second-order valence-electron chi connectivity index (χ2n) is 7.54. The number of furan rings is 2. The summed E-state index contributed by atoms with van der Waals surface area (Å²) in [5, 5.41) is 0. The fourth-order valence-corrected chi connectivity index (χ4v) is 3.36. The van der Waals surface area contributed by atoms with Gasteiger partial charge in [-0.1, -0.05) is 12.2 Å². The van der Waals surface area contributed by atoms with Crippen LogP contribution in [0, 0.1) is 0 Å². The van der Waals surface area contributed by atoms with Gasteiger partial charge in [-0.25, -0.2) is 0 Å². The number of rotatable bonds is 8. The zero-order chi connectivity index (χ0) is 23.9. The fraction of sp³-hybridized carbons (Fsp3) is 0.167. The molecule has 2 aliphatic rings. The molecule has 0 unspecified atom stereocenters. The molecule has 2 aliphatic heterocycles. The van der Waals surface area contributed by atoms with Crippen LogP contribution in [0.15, 0.2) is 93.7 Å². The van der Waals surface area contributed by atoms with Crippen molar-refractivity contribution in [1.82, 2.24) is 20.7 Å². The van der Waals surface area contributed by atoms with Gasteiger partial charge in [0.25, 0.3) is 11.8 Å². The molecular weight excluding hydrogens is 440 g/mol. The normalized spacial score (nSPS) is 14.9. The predicted octanol–water partition coefficient (Wildman–Crippen LogP) is 2.29. The maximum atomic E-state index is 12.5. The molecule has 2 amide bonds. The van der Waals surface area contributed by atoms with Crippen molar-refractivity contribution in [3.8, 4) is 0 Å². The molecule has 34 heavy (non-hydrogen) atoms. The third kappa shape index (κ3) is 5.60. The Bertz CT molecular complexity index is 1090. The first-order valence-electron chi connectivity index (χ1n) is 10.5. The standard InChI is InChI=1S/C24H22N4O6/c29-19(21-7-3-11-33-21)15-27-9-1-5-17(13-27)23(31)25-26-24(32)18-6-2-10-28(14-18)16-20(30)22-8-4-12-34-22/h1-4,7-14H,5-6,15-16H2,(H,25,31)(H,26,32). The second-order valence-corrected chi connectivity index (χ2v) is 7.54. The molecule has 10 nitrogen and oxygen atoms in total. The molecule has 2 N–H and O–H groups in total. The van der Waals surface area contributed by atoms with Gasteiger partial charge in [0.05, 0.1) is 25.6 Å². The Morgan fingerprint density at radius 3 is 1.56 bits per heavy atom. The maximum Gasteiger partial charge on any atom is 0.267 e. The first kappa shape index (κ1) is 22.6. The minimum absolute atomic E-state index is 0.0128. The Labute approximate surface area is 194 Å². The van der Waals surface area contributed by atoms with Gasteiger partial charge < -0.3 is 18.6 Å². The highest BCUT2D eigenvalue weighted by Crippen LogP contribution is 2.15. The highest BCUT2D eigenvalue weighted by atomic mass is 16.3. The number of nitrogens with one attached hydrogen (secondary N) is 2. The van der Waals surface area contributed by atoms with E-state index < -0.39 is 11.8 Å². The third-order valence-corrected chi connectivity index (χ3v) is 5.03. The Balaban J connectivity index is 1.29. The molecule has 2 aromatic heterocycles. The number of allylic oxidation sites excluding steroid dienone is 2. The van der Waals surface area contributed by atoms with Gasteiger partial charge in [-0.2, -0.15) is 0 Å². The van der Waals surface area contributed by atoms with E-state index >= 15 is 0 Å². The van der Waals surface area contributed by atoms with Crippen molar-refractivity contribution in [2.75, 3.05) is 13.1 Å². The predicted molar refractivity (Wildman–Crippen MR) is 119 cm³/mol. The molecule has 0 bridgehead atoms. The van der Waals surface area contributed by atoms with Crippen LogP contribution in [-0.2, 0) is 9.59 Å². The van der Waals surface area contributed by atoms with Gasteiger partial charge in [0.15, 0.2) is 11.5 Å². The SMILES string of the molecule is O=C(NNC(=O)C1=CN(CC(=O)c2ccco2)C=CC1)C1=CN(CC(=O)c2ccco2)C=CC1. The van der Waals surface area contributed by atoms with Crippen LogP contribution in [0.5, 0.6) is 0 Å². The van der Waals surface area contributed by atoms with Gasteiger partial charge in [-0.05, 0) is 37.1 Å². The van der Waals surface area contributed by atoms with Crippen LogP contribution < -0.4 is 10.9 Å². The molecule has 0 aromatic carbocycles. The molecule has 0 atom stereocenters. The van der Waals surface area contributed by atoms with Crippen molar-refractivity contribution < 1.29 is 28.0 Å². The molecule has 4 heterocycles. The van der Waals surface area contributed by atoms with E-state index in [0.29, 0.717) is 24.0 Å². The number of hydrogen-bond acceptors (Lipinski definition) is 8. The number of hydrazine groups is 1. The summed E-state index contributed by atoms with van der Waals surface area (Å²) < 4.78 is 10.2. The third-order valence-electron chi connectivity index (χ3n) is 5.03. The molecule has 0 saturated heterocycles. The van der Waals surface area contributed by atoms with Crippen molar-refractivity contribution in [3.63, 3.8) is 0 Å². The highest BCUT2D eigenvalue weighted by molar-refractivity contribution is 5.99. The van der Waals surface area contributed by atoms with E-state index in [4.69, 9.17) is 8.83 Å². The Morgan fingerprint density at radius 2 is 1.18 bits per heavy atom. The van der Waals surface area contributed by atoms with Gasteiger partial charge in [-0.15, -0.1) is 0 Å². The lowest BCUT2D eigenvalue weighted by molar-refractivity contribution is -0.125. The van der Waals surface area contributed by atoms with Gasteiger partial charge in [0, 0.05) is 35.9 Å². The Morgan fingerprint density at radius 1 is 0.735 bits per heavy atom. The van der Waals surface area contributed by atoms with Crippen LogP contribution in [0.4, 0.5) is 0 Å². The highest BCUT2D eigenvalue weighted by Gasteiger charge is 2.20. The van der Waals surface area contributed by atoms with Crippen molar-refractivity contribution >= 4 is 23.4 Å². The van der Waals surface area contributed by atoms with E-state index in [-0.39, 0.29) is 36.2 Å². The number of nitrogens with zero attached hydrogens (tertiary/aromatic N) is 2. The van der Waals surface area contributed by atoms with Crippen molar-refractivity contribution in [3.05, 3.63) is 96.4 Å². The quantitative estimate of drug-likeness (QED) is 0.452. The molecule has 0 aliphatic carbocycles. The summed E-state index contributed by atoms with van der Waals surface area (Å²) in [4.78, 5) is 52.6. The van der Waals surface area contributed by atoms with Gasteiger partial charge >= 0.3 is 0 Å². The van der Waals surface area contributed by atoms with Gasteiger partial charge in [-0.3, -0.25) is 30.0 Å². The summed E-state index contributed by atoms with van der Waals surface area (Å²) in [5.74, 6) is -0.975. The van der Waals surface area contributed by atoms with Crippen molar-refractivity contribution in [1.29, 1.82) is 0 Å². The summed E-state index contributed by atoms with van der Waals surface area (Å²) >= 11 is 0. The zero-order valence-corrected chi connectivity index (χ0v) is 18.1. The first-order chi connectivity index (χ1) is 16.5. The summed E-state index contributed by atoms with van der Waals surface area (Å²) in [6.07, 6.45) is 13.5. The maximum absolute atomic E-state index is 12.5. The molecule has 4 rings (SSSR count). The number of ketones is 2. The lowest BCUT2D eigenvalue weighted by atomic mass is 10.1. The van der Waals surface area contributed by atoms with E-state index in [9.17, 15) is 19.2 Å². The van der Waals surface area contributed by atoms with Crippen LogP contribution in [0.25, 0.3) is 0 Å². The lowest BCUT2D eigenvalue weighted by Gasteiger charge is -2.21. The fourth-order valence-electron chi connectivity index (χ4n) is 3.36. The van der Waals surface area contributed by atoms with E-state index in [0.717, 1.165) is 0 Å². The molecule has 0 saturated carbocycles. The molecular formula is C24H22N4O6.